The molecule has 1 fully saturated rings. The van der Waals surface area contributed by atoms with E-state index in [4.69, 9.17) is 5.73 Å². The van der Waals surface area contributed by atoms with Gasteiger partial charge in [-0.15, -0.1) is 0 Å². The number of hydrogen-bond acceptors (Lipinski definition) is 5. The van der Waals surface area contributed by atoms with Gasteiger partial charge in [-0.05, 0) is 31.0 Å². The molecule has 1 saturated heterocycles. The van der Waals surface area contributed by atoms with Crippen molar-refractivity contribution in [3.05, 3.63) is 64.2 Å². The Labute approximate surface area is 145 Å². The first-order valence-corrected chi connectivity index (χ1v) is 8.20. The number of carbonyl (C=O) groups is 1. The monoisotopic (exact) mass is 340 g/mol. The number of nitro benzene ring substituents is 1. The van der Waals surface area contributed by atoms with Gasteiger partial charge in [0.15, 0.2) is 0 Å². The van der Waals surface area contributed by atoms with E-state index in [0.717, 1.165) is 18.5 Å². The summed E-state index contributed by atoms with van der Waals surface area (Å²) in [4.78, 5) is 24.9. The van der Waals surface area contributed by atoms with Crippen molar-refractivity contribution < 1.29 is 9.72 Å². The number of para-hydroxylation sites is 2. The number of nitrogens with two attached hydrogens (primary N) is 1. The van der Waals surface area contributed by atoms with Crippen molar-refractivity contribution >= 4 is 23.0 Å². The molecular formula is C18H20N4O3. The third-order valence-corrected chi connectivity index (χ3v) is 4.36. The fraction of sp³-hybridized carbons (Fsp3) is 0.278. The predicted molar refractivity (Wildman–Crippen MR) is 96.5 cm³/mol. The van der Waals surface area contributed by atoms with Gasteiger partial charge in [-0.3, -0.25) is 14.9 Å². The second-order valence-electron chi connectivity index (χ2n) is 6.10. The van der Waals surface area contributed by atoms with E-state index >= 15 is 0 Å². The summed E-state index contributed by atoms with van der Waals surface area (Å²) in [6.45, 7) is 1.16. The Hall–Kier alpha value is -3.09. The highest BCUT2D eigenvalue weighted by atomic mass is 16.6. The zero-order valence-corrected chi connectivity index (χ0v) is 13.7. The summed E-state index contributed by atoms with van der Waals surface area (Å²) in [5.74, 6) is -0.263. The maximum Gasteiger partial charge on any atom is 0.292 e. The molecule has 130 valence electrons. The number of amides is 1. The fourth-order valence-corrected chi connectivity index (χ4v) is 3.12. The van der Waals surface area contributed by atoms with E-state index in [9.17, 15) is 14.9 Å². The van der Waals surface area contributed by atoms with Crippen LogP contribution in [0.25, 0.3) is 0 Å². The number of benzene rings is 2. The van der Waals surface area contributed by atoms with E-state index < -0.39 is 4.92 Å². The summed E-state index contributed by atoms with van der Waals surface area (Å²) < 4.78 is 0. The molecule has 0 radical (unpaired) electrons. The lowest BCUT2D eigenvalue weighted by atomic mass is 10.0. The van der Waals surface area contributed by atoms with Gasteiger partial charge in [-0.25, -0.2) is 0 Å². The molecule has 0 unspecified atom stereocenters. The molecule has 0 aliphatic carbocycles. The van der Waals surface area contributed by atoms with Crippen molar-refractivity contribution in [3.63, 3.8) is 0 Å². The van der Waals surface area contributed by atoms with Gasteiger partial charge in [0.2, 0.25) is 0 Å². The second-order valence-corrected chi connectivity index (χ2v) is 6.10. The molecule has 1 amide bonds. The first kappa shape index (κ1) is 16.8. The number of piperidine rings is 1. The number of anilines is 2. The van der Waals surface area contributed by atoms with E-state index in [-0.39, 0.29) is 28.9 Å². The number of nitrogen functional groups attached to an aromatic ring is 1. The van der Waals surface area contributed by atoms with Crippen LogP contribution in [0.4, 0.5) is 17.1 Å². The molecule has 1 heterocycles. The van der Waals surface area contributed by atoms with Crippen LogP contribution in [0.2, 0.25) is 0 Å². The normalized spacial score (nSPS) is 17.1. The van der Waals surface area contributed by atoms with Crippen molar-refractivity contribution in [3.8, 4) is 0 Å². The molecule has 1 aliphatic heterocycles. The quantitative estimate of drug-likeness (QED) is 0.506. The molecule has 2 aromatic rings. The number of likely N-dealkylation sites (tertiary alicyclic amines) is 1. The van der Waals surface area contributed by atoms with Gasteiger partial charge in [0, 0.05) is 30.9 Å². The van der Waals surface area contributed by atoms with Gasteiger partial charge < -0.3 is 16.0 Å². The minimum atomic E-state index is -0.567. The largest absolute Gasteiger partial charge is 0.393 e. The molecule has 2 aromatic carbocycles. The molecule has 0 saturated carbocycles. The number of nitro groups is 1. The smallest absolute Gasteiger partial charge is 0.292 e. The summed E-state index contributed by atoms with van der Waals surface area (Å²) in [6, 6.07) is 14.3. The van der Waals surface area contributed by atoms with Crippen molar-refractivity contribution in [2.45, 2.75) is 18.9 Å². The average molecular weight is 340 g/mol. The highest BCUT2D eigenvalue weighted by molar-refractivity contribution is 6.01. The summed E-state index contributed by atoms with van der Waals surface area (Å²) in [6.07, 6.45) is 1.83. The number of nitrogens with zero attached hydrogens (tertiary/aromatic N) is 2. The van der Waals surface area contributed by atoms with E-state index in [1.807, 2.05) is 30.3 Å². The number of carbonyl (C=O) groups excluding carboxylic acids is 1. The third kappa shape index (κ3) is 3.71. The molecule has 0 bridgehead atoms. The highest BCUT2D eigenvalue weighted by Gasteiger charge is 2.27. The minimum Gasteiger partial charge on any atom is -0.393 e. The van der Waals surface area contributed by atoms with Crippen LogP contribution in [0.1, 0.15) is 23.2 Å². The Morgan fingerprint density at radius 3 is 2.68 bits per heavy atom. The number of nitrogens with one attached hydrogen (secondary N) is 1. The molecule has 1 aliphatic rings. The highest BCUT2D eigenvalue weighted by Crippen LogP contribution is 2.27. The molecule has 0 spiro atoms. The van der Waals surface area contributed by atoms with Gasteiger partial charge in [-0.1, -0.05) is 24.3 Å². The Balaban J connectivity index is 1.74. The van der Waals surface area contributed by atoms with Gasteiger partial charge in [0.05, 0.1) is 10.5 Å². The molecule has 7 nitrogen and oxygen atoms in total. The lowest BCUT2D eigenvalue weighted by Crippen LogP contribution is -2.45. The summed E-state index contributed by atoms with van der Waals surface area (Å²) in [5.41, 5.74) is 6.74. The van der Waals surface area contributed by atoms with E-state index in [2.05, 4.69) is 5.32 Å². The predicted octanol–water partition coefficient (Wildman–Crippen LogP) is 2.89. The molecule has 3 N–H and O–H groups in total. The number of hydrogen-bond donors (Lipinski definition) is 2. The zero-order valence-electron chi connectivity index (χ0n) is 13.7. The van der Waals surface area contributed by atoms with Crippen LogP contribution in [0, 0.1) is 10.1 Å². The van der Waals surface area contributed by atoms with Gasteiger partial charge in [0.25, 0.3) is 11.6 Å². The van der Waals surface area contributed by atoms with Gasteiger partial charge in [0.1, 0.15) is 5.69 Å². The summed E-state index contributed by atoms with van der Waals surface area (Å²) >= 11 is 0. The van der Waals surface area contributed by atoms with Crippen LogP contribution in [-0.4, -0.2) is 34.9 Å². The van der Waals surface area contributed by atoms with E-state index in [0.29, 0.717) is 13.1 Å². The topological polar surface area (TPSA) is 102 Å². The van der Waals surface area contributed by atoms with Crippen LogP contribution in [0.5, 0.6) is 0 Å². The zero-order chi connectivity index (χ0) is 17.8. The van der Waals surface area contributed by atoms with E-state index in [1.165, 1.54) is 12.1 Å². The number of rotatable bonds is 4. The molecule has 7 heteroatoms. The Morgan fingerprint density at radius 1 is 1.20 bits per heavy atom. The Kier molecular flexibility index (Phi) is 4.83. The van der Waals surface area contributed by atoms with Crippen LogP contribution >= 0.6 is 0 Å². The summed E-state index contributed by atoms with van der Waals surface area (Å²) in [7, 11) is 0. The maximum atomic E-state index is 12.8. The molecule has 1 atom stereocenters. The summed E-state index contributed by atoms with van der Waals surface area (Å²) in [5, 5.41) is 14.4. The van der Waals surface area contributed by atoms with Crippen LogP contribution in [-0.2, 0) is 0 Å². The molecule has 0 aromatic heterocycles. The van der Waals surface area contributed by atoms with Crippen molar-refractivity contribution in [2.75, 3.05) is 24.1 Å². The lowest BCUT2D eigenvalue weighted by molar-refractivity contribution is -0.383. The molecular weight excluding hydrogens is 320 g/mol. The second kappa shape index (κ2) is 7.21. The van der Waals surface area contributed by atoms with Crippen LogP contribution in [0.3, 0.4) is 0 Å². The van der Waals surface area contributed by atoms with Crippen molar-refractivity contribution in [1.29, 1.82) is 0 Å². The Bertz CT molecular complexity index is 779. The van der Waals surface area contributed by atoms with Crippen molar-refractivity contribution in [1.82, 2.24) is 4.90 Å². The minimum absolute atomic E-state index is 0.0735. The average Bonchev–Trinajstić information content (AvgIpc) is 2.62. The first-order valence-electron chi connectivity index (χ1n) is 8.20. The Morgan fingerprint density at radius 2 is 1.96 bits per heavy atom. The molecule has 25 heavy (non-hydrogen) atoms. The van der Waals surface area contributed by atoms with Crippen molar-refractivity contribution in [2.24, 2.45) is 0 Å². The standard InChI is InChI=1S/C18H20N4O3/c19-17-15(9-4-10-16(17)22(24)25)18(23)21-11-5-8-14(12-21)20-13-6-2-1-3-7-13/h1-4,6-7,9-10,14,20H,5,8,11-12,19H2/t14-/m1/s1. The first-order chi connectivity index (χ1) is 12.1. The molecule has 3 rings (SSSR count). The van der Waals surface area contributed by atoms with Gasteiger partial charge in [-0.2, -0.15) is 0 Å². The fourth-order valence-electron chi connectivity index (χ4n) is 3.12. The van der Waals surface area contributed by atoms with E-state index in [1.54, 1.807) is 11.0 Å². The third-order valence-electron chi connectivity index (χ3n) is 4.36. The van der Waals surface area contributed by atoms with Crippen LogP contribution < -0.4 is 11.1 Å². The van der Waals surface area contributed by atoms with Crippen LogP contribution in [0.15, 0.2) is 48.5 Å². The maximum absolute atomic E-state index is 12.8. The SMILES string of the molecule is Nc1c(C(=O)N2CCC[C@@H](Nc3ccccc3)C2)cccc1[N+](=O)[O-]. The van der Waals surface area contributed by atoms with Gasteiger partial charge >= 0.3 is 0 Å². The lowest BCUT2D eigenvalue weighted by Gasteiger charge is -2.34.